The second kappa shape index (κ2) is 13.9. The number of carbonyl (C=O) groups excluding carboxylic acids is 2. The standard InChI is InChI=1S/C26H34Cl2N2O2S/c1-5-7-10-29-26(32)24(6-2)30(15-21-8-9-22(27)14-23(21)28)25(31)17-33-16-20-12-18(3)11-19(4)13-20/h8-9,11-14,24H,5-7,10,15-17H2,1-4H3,(H,29,32)/t24-/m0/s1. The van der Waals surface area contributed by atoms with Gasteiger partial charge in [-0.2, -0.15) is 0 Å². The van der Waals surface area contributed by atoms with E-state index in [1.807, 2.05) is 13.0 Å². The van der Waals surface area contributed by atoms with E-state index in [2.05, 4.69) is 44.3 Å². The van der Waals surface area contributed by atoms with Crippen LogP contribution in [0.1, 0.15) is 55.4 Å². The number of hydrogen-bond acceptors (Lipinski definition) is 3. The number of hydrogen-bond donors (Lipinski definition) is 1. The maximum absolute atomic E-state index is 13.3. The zero-order valence-corrected chi connectivity index (χ0v) is 22.2. The average Bonchev–Trinajstić information content (AvgIpc) is 2.74. The molecule has 2 amide bonds. The Hall–Kier alpha value is -1.69. The lowest BCUT2D eigenvalue weighted by atomic mass is 10.1. The molecule has 0 unspecified atom stereocenters. The van der Waals surface area contributed by atoms with Crippen LogP contribution in [0.3, 0.4) is 0 Å². The number of nitrogens with zero attached hydrogens (tertiary/aromatic N) is 1. The summed E-state index contributed by atoms with van der Waals surface area (Å²) in [5.41, 5.74) is 4.40. The van der Waals surface area contributed by atoms with E-state index in [0.717, 1.165) is 24.2 Å². The summed E-state index contributed by atoms with van der Waals surface area (Å²) in [5.74, 6) is 0.830. The van der Waals surface area contributed by atoms with Crippen molar-refractivity contribution in [2.24, 2.45) is 0 Å². The van der Waals surface area contributed by atoms with E-state index >= 15 is 0 Å². The van der Waals surface area contributed by atoms with Gasteiger partial charge < -0.3 is 10.2 Å². The summed E-state index contributed by atoms with van der Waals surface area (Å²) in [7, 11) is 0. The Morgan fingerprint density at radius 3 is 2.36 bits per heavy atom. The third-order valence-corrected chi connectivity index (χ3v) is 6.92. The molecule has 2 rings (SSSR count). The molecule has 180 valence electrons. The number of rotatable bonds is 12. The zero-order chi connectivity index (χ0) is 24.4. The SMILES string of the molecule is CCCCNC(=O)[C@H](CC)N(Cc1ccc(Cl)cc1Cl)C(=O)CSCc1cc(C)cc(C)c1. The summed E-state index contributed by atoms with van der Waals surface area (Å²) in [6, 6.07) is 11.1. The first-order valence-corrected chi connectivity index (χ1v) is 13.3. The Morgan fingerprint density at radius 2 is 1.76 bits per heavy atom. The molecule has 0 aromatic heterocycles. The number of carbonyl (C=O) groups is 2. The summed E-state index contributed by atoms with van der Waals surface area (Å²) in [6.45, 7) is 9.03. The van der Waals surface area contributed by atoms with E-state index in [1.54, 1.807) is 28.8 Å². The summed E-state index contributed by atoms with van der Waals surface area (Å²) < 4.78 is 0. The van der Waals surface area contributed by atoms with Crippen LogP contribution in [0, 0.1) is 13.8 Å². The molecule has 7 heteroatoms. The Kier molecular flexibility index (Phi) is 11.6. The van der Waals surface area contributed by atoms with Gasteiger partial charge in [0.15, 0.2) is 0 Å². The lowest BCUT2D eigenvalue weighted by Crippen LogP contribution is -2.49. The summed E-state index contributed by atoms with van der Waals surface area (Å²) >= 11 is 14.0. The van der Waals surface area contributed by atoms with Crippen molar-refractivity contribution in [1.82, 2.24) is 10.2 Å². The second-order valence-corrected chi connectivity index (χ2v) is 10.1. The molecule has 1 N–H and O–H groups in total. The lowest BCUT2D eigenvalue weighted by Gasteiger charge is -2.31. The molecule has 0 saturated carbocycles. The molecule has 0 bridgehead atoms. The molecule has 4 nitrogen and oxygen atoms in total. The minimum atomic E-state index is -0.553. The summed E-state index contributed by atoms with van der Waals surface area (Å²) in [6.07, 6.45) is 2.43. The van der Waals surface area contributed by atoms with Gasteiger partial charge in [0.25, 0.3) is 0 Å². The fraction of sp³-hybridized carbons (Fsp3) is 0.462. The van der Waals surface area contributed by atoms with Crippen molar-refractivity contribution in [3.63, 3.8) is 0 Å². The first-order chi connectivity index (χ1) is 15.7. The molecule has 0 saturated heterocycles. The van der Waals surface area contributed by atoms with Crippen molar-refractivity contribution in [3.05, 3.63) is 68.7 Å². The van der Waals surface area contributed by atoms with Crippen LogP contribution in [-0.4, -0.2) is 35.1 Å². The third kappa shape index (κ3) is 8.88. The van der Waals surface area contributed by atoms with Crippen LogP contribution in [0.15, 0.2) is 36.4 Å². The fourth-order valence-corrected chi connectivity index (χ4v) is 5.06. The van der Waals surface area contributed by atoms with Crippen molar-refractivity contribution in [3.8, 4) is 0 Å². The molecule has 2 aromatic carbocycles. The normalized spacial score (nSPS) is 11.8. The van der Waals surface area contributed by atoms with Crippen molar-refractivity contribution in [2.45, 2.75) is 65.3 Å². The number of amides is 2. The summed E-state index contributed by atoms with van der Waals surface area (Å²) in [5, 5.41) is 4.01. The lowest BCUT2D eigenvalue weighted by molar-refractivity contribution is -0.139. The second-order valence-electron chi connectivity index (χ2n) is 8.31. The fourth-order valence-electron chi connectivity index (χ4n) is 3.75. The Morgan fingerprint density at radius 1 is 1.06 bits per heavy atom. The predicted molar refractivity (Wildman–Crippen MR) is 141 cm³/mol. The molecular weight excluding hydrogens is 475 g/mol. The number of nitrogens with one attached hydrogen (secondary N) is 1. The van der Waals surface area contributed by atoms with E-state index in [4.69, 9.17) is 23.2 Å². The molecule has 0 aliphatic rings. The summed E-state index contributed by atoms with van der Waals surface area (Å²) in [4.78, 5) is 27.9. The van der Waals surface area contributed by atoms with E-state index in [-0.39, 0.29) is 24.1 Å². The Labute approximate surface area is 212 Å². The molecule has 0 heterocycles. The first kappa shape index (κ1) is 27.6. The van der Waals surface area contributed by atoms with Gasteiger partial charge in [-0.15, -0.1) is 11.8 Å². The van der Waals surface area contributed by atoms with Gasteiger partial charge in [0.05, 0.1) is 5.75 Å². The molecule has 0 aliphatic carbocycles. The highest BCUT2D eigenvalue weighted by molar-refractivity contribution is 7.99. The average molecular weight is 510 g/mol. The number of unbranched alkanes of at least 4 members (excludes halogenated alkanes) is 1. The number of benzene rings is 2. The molecule has 2 aromatic rings. The van der Waals surface area contributed by atoms with Crippen molar-refractivity contribution >= 4 is 46.8 Å². The van der Waals surface area contributed by atoms with Crippen LogP contribution in [0.4, 0.5) is 0 Å². The Balaban J connectivity index is 2.16. The maximum atomic E-state index is 13.3. The molecule has 0 aliphatic heterocycles. The van der Waals surface area contributed by atoms with Crippen LogP contribution in [-0.2, 0) is 21.9 Å². The van der Waals surface area contributed by atoms with Crippen molar-refractivity contribution in [1.29, 1.82) is 0 Å². The van der Waals surface area contributed by atoms with E-state index < -0.39 is 6.04 Å². The zero-order valence-electron chi connectivity index (χ0n) is 19.9. The minimum absolute atomic E-state index is 0.0760. The smallest absolute Gasteiger partial charge is 0.242 e. The van der Waals surface area contributed by atoms with Gasteiger partial charge in [-0.1, -0.05) is 78.9 Å². The highest BCUT2D eigenvalue weighted by Crippen LogP contribution is 2.25. The largest absolute Gasteiger partial charge is 0.354 e. The van der Waals surface area contributed by atoms with Gasteiger partial charge in [-0.3, -0.25) is 9.59 Å². The highest BCUT2D eigenvalue weighted by atomic mass is 35.5. The minimum Gasteiger partial charge on any atom is -0.354 e. The topological polar surface area (TPSA) is 49.4 Å². The van der Waals surface area contributed by atoms with Gasteiger partial charge in [-0.25, -0.2) is 0 Å². The molecular formula is C26H34Cl2N2O2S. The number of aryl methyl sites for hydroxylation is 2. The van der Waals surface area contributed by atoms with Gasteiger partial charge >= 0.3 is 0 Å². The molecule has 1 atom stereocenters. The number of thioether (sulfide) groups is 1. The third-order valence-electron chi connectivity index (χ3n) is 5.35. The van der Waals surface area contributed by atoms with Gasteiger partial charge in [-0.05, 0) is 49.9 Å². The Bertz CT molecular complexity index is 932. The van der Waals surface area contributed by atoms with Crippen LogP contribution >= 0.6 is 35.0 Å². The predicted octanol–water partition coefficient (Wildman–Crippen LogP) is 6.57. The highest BCUT2D eigenvalue weighted by Gasteiger charge is 2.28. The van der Waals surface area contributed by atoms with Crippen LogP contribution in [0.25, 0.3) is 0 Å². The quantitative estimate of drug-likeness (QED) is 0.330. The molecule has 0 radical (unpaired) electrons. The van der Waals surface area contributed by atoms with E-state index in [0.29, 0.717) is 23.0 Å². The maximum Gasteiger partial charge on any atom is 0.242 e. The molecule has 33 heavy (non-hydrogen) atoms. The molecule has 0 spiro atoms. The van der Waals surface area contributed by atoms with Gasteiger partial charge in [0, 0.05) is 28.9 Å². The van der Waals surface area contributed by atoms with Crippen LogP contribution in [0.5, 0.6) is 0 Å². The molecule has 0 fully saturated rings. The van der Waals surface area contributed by atoms with Crippen LogP contribution in [0.2, 0.25) is 10.0 Å². The van der Waals surface area contributed by atoms with Crippen LogP contribution < -0.4 is 5.32 Å². The monoisotopic (exact) mass is 508 g/mol. The van der Waals surface area contributed by atoms with Gasteiger partial charge in [0.1, 0.15) is 6.04 Å². The van der Waals surface area contributed by atoms with E-state index in [9.17, 15) is 9.59 Å². The number of halogens is 2. The first-order valence-electron chi connectivity index (χ1n) is 11.4. The van der Waals surface area contributed by atoms with Gasteiger partial charge in [0.2, 0.25) is 11.8 Å². The van der Waals surface area contributed by atoms with E-state index in [1.165, 1.54) is 16.7 Å². The van der Waals surface area contributed by atoms with Crippen molar-refractivity contribution < 1.29 is 9.59 Å². The van der Waals surface area contributed by atoms with Crippen molar-refractivity contribution in [2.75, 3.05) is 12.3 Å².